The average Bonchev–Trinajstić information content (AvgIpc) is 2.54. The second-order valence-corrected chi connectivity index (χ2v) is 5.37. The predicted octanol–water partition coefficient (Wildman–Crippen LogP) is 3.74. The molecule has 2 atom stereocenters. The largest absolute Gasteiger partial charge is 0.435 e. The molecule has 2 N–H and O–H groups in total. The van der Waals surface area contributed by atoms with Crippen molar-refractivity contribution in [3.63, 3.8) is 0 Å². The highest BCUT2D eigenvalue weighted by Gasteiger charge is 2.16. The van der Waals surface area contributed by atoms with E-state index in [1.165, 1.54) is 12.1 Å². The Bertz CT molecular complexity index is 575. The summed E-state index contributed by atoms with van der Waals surface area (Å²) in [6, 6.07) is 16.5. The smallest absolute Gasteiger partial charge is 0.387 e. The number of halogens is 2. The highest BCUT2D eigenvalue weighted by Crippen LogP contribution is 2.25. The van der Waals surface area contributed by atoms with Crippen LogP contribution in [0.25, 0.3) is 0 Å². The van der Waals surface area contributed by atoms with Gasteiger partial charge in [0.1, 0.15) is 5.75 Å². The Morgan fingerprint density at radius 1 is 1.00 bits per heavy atom. The number of aliphatic hydroxyl groups excluding tert-OH is 1. The molecular weight excluding hydrogens is 300 g/mol. The summed E-state index contributed by atoms with van der Waals surface area (Å²) in [5.41, 5.74) is 2.02. The highest BCUT2D eigenvalue weighted by molar-refractivity contribution is 5.35. The molecule has 5 heteroatoms. The van der Waals surface area contributed by atoms with Crippen LogP contribution in [0.15, 0.2) is 54.6 Å². The van der Waals surface area contributed by atoms with Gasteiger partial charge in [-0.15, -0.1) is 0 Å². The molecule has 0 saturated heterocycles. The lowest BCUT2D eigenvalue weighted by atomic mass is 9.97. The maximum atomic E-state index is 12.2. The maximum absolute atomic E-state index is 12.2. The molecule has 2 aromatic rings. The molecule has 0 spiro atoms. The van der Waals surface area contributed by atoms with Gasteiger partial charge in [-0.25, -0.2) is 0 Å². The van der Waals surface area contributed by atoms with Gasteiger partial charge in [-0.1, -0.05) is 42.5 Å². The van der Waals surface area contributed by atoms with Gasteiger partial charge in [-0.2, -0.15) is 8.78 Å². The summed E-state index contributed by atoms with van der Waals surface area (Å²) < 4.78 is 28.9. The van der Waals surface area contributed by atoms with E-state index in [0.29, 0.717) is 6.42 Å². The van der Waals surface area contributed by atoms with E-state index in [2.05, 4.69) is 10.1 Å². The van der Waals surface area contributed by atoms with E-state index in [1.807, 2.05) is 37.3 Å². The predicted molar refractivity (Wildman–Crippen MR) is 85.7 cm³/mol. The van der Waals surface area contributed by atoms with Crippen LogP contribution in [0.5, 0.6) is 5.75 Å². The van der Waals surface area contributed by atoms with E-state index in [1.54, 1.807) is 12.1 Å². The molecule has 0 fully saturated rings. The van der Waals surface area contributed by atoms with Gasteiger partial charge in [0, 0.05) is 12.6 Å². The zero-order valence-electron chi connectivity index (χ0n) is 13.0. The first kappa shape index (κ1) is 17.4. The van der Waals surface area contributed by atoms with Crippen LogP contribution in [0.2, 0.25) is 0 Å². The van der Waals surface area contributed by atoms with Crippen molar-refractivity contribution in [3.05, 3.63) is 65.7 Å². The fraction of sp³-hybridized carbons (Fsp3) is 0.333. The molecule has 2 rings (SSSR count). The lowest BCUT2D eigenvalue weighted by Gasteiger charge is -2.24. The van der Waals surface area contributed by atoms with Gasteiger partial charge in [-0.05, 0) is 36.6 Å². The number of hydrogen-bond donors (Lipinski definition) is 2. The number of ether oxygens (including phenoxy) is 1. The maximum Gasteiger partial charge on any atom is 0.387 e. The monoisotopic (exact) mass is 321 g/mol. The molecule has 0 aliphatic heterocycles. The summed E-state index contributed by atoms with van der Waals surface area (Å²) in [4.78, 5) is 0. The molecule has 0 bridgehead atoms. The van der Waals surface area contributed by atoms with Crippen LogP contribution in [-0.2, 0) is 0 Å². The van der Waals surface area contributed by atoms with E-state index in [0.717, 1.165) is 11.1 Å². The van der Waals surface area contributed by atoms with Crippen molar-refractivity contribution >= 4 is 0 Å². The molecule has 0 aromatic heterocycles. The fourth-order valence-corrected chi connectivity index (χ4v) is 2.43. The van der Waals surface area contributed by atoms with Gasteiger partial charge in [0.05, 0.1) is 6.04 Å². The van der Waals surface area contributed by atoms with E-state index >= 15 is 0 Å². The molecule has 0 radical (unpaired) electrons. The highest BCUT2D eigenvalue weighted by atomic mass is 19.3. The first-order valence-electron chi connectivity index (χ1n) is 7.56. The normalized spacial score (nSPS) is 13.8. The third kappa shape index (κ3) is 5.30. The van der Waals surface area contributed by atoms with Gasteiger partial charge >= 0.3 is 6.61 Å². The molecule has 0 saturated carbocycles. The SMILES string of the molecule is CC(CCO)NC(c1ccccc1)c1ccc(OC(F)F)cc1. The zero-order chi connectivity index (χ0) is 16.7. The Morgan fingerprint density at radius 3 is 2.17 bits per heavy atom. The van der Waals surface area contributed by atoms with E-state index in [9.17, 15) is 8.78 Å². The molecule has 0 amide bonds. The minimum atomic E-state index is -2.83. The molecular formula is C18H21F2NO2. The molecule has 0 aliphatic rings. The first-order chi connectivity index (χ1) is 11.1. The quantitative estimate of drug-likeness (QED) is 0.778. The van der Waals surface area contributed by atoms with Gasteiger partial charge in [0.2, 0.25) is 0 Å². The number of nitrogens with one attached hydrogen (secondary N) is 1. The van der Waals surface area contributed by atoms with Crippen LogP contribution < -0.4 is 10.1 Å². The van der Waals surface area contributed by atoms with Crippen molar-refractivity contribution in [2.45, 2.75) is 32.0 Å². The average molecular weight is 321 g/mol. The lowest BCUT2D eigenvalue weighted by Crippen LogP contribution is -2.32. The molecule has 0 aliphatic carbocycles. The van der Waals surface area contributed by atoms with Gasteiger partial charge < -0.3 is 15.2 Å². The van der Waals surface area contributed by atoms with E-state index < -0.39 is 6.61 Å². The first-order valence-corrected chi connectivity index (χ1v) is 7.56. The summed E-state index contributed by atoms with van der Waals surface area (Å²) in [6.45, 7) is -0.717. The Hall–Kier alpha value is -1.98. The Balaban J connectivity index is 2.22. The van der Waals surface area contributed by atoms with Crippen molar-refractivity contribution in [2.24, 2.45) is 0 Å². The topological polar surface area (TPSA) is 41.5 Å². The number of alkyl halides is 2. The van der Waals surface area contributed by atoms with Crippen molar-refractivity contribution in [1.29, 1.82) is 0 Å². The minimum Gasteiger partial charge on any atom is -0.435 e. The number of hydrogen-bond acceptors (Lipinski definition) is 3. The van der Waals surface area contributed by atoms with Crippen LogP contribution in [0.1, 0.15) is 30.5 Å². The Labute approximate surface area is 134 Å². The molecule has 0 heterocycles. The number of benzene rings is 2. The minimum absolute atomic E-state index is 0.0849. The Morgan fingerprint density at radius 2 is 1.61 bits per heavy atom. The van der Waals surface area contributed by atoms with Crippen LogP contribution in [-0.4, -0.2) is 24.4 Å². The third-order valence-electron chi connectivity index (χ3n) is 3.58. The number of rotatable bonds is 8. The van der Waals surface area contributed by atoms with Gasteiger partial charge in [-0.3, -0.25) is 0 Å². The lowest BCUT2D eigenvalue weighted by molar-refractivity contribution is -0.0498. The third-order valence-corrected chi connectivity index (χ3v) is 3.58. The van der Waals surface area contributed by atoms with Crippen LogP contribution in [0, 0.1) is 0 Å². The van der Waals surface area contributed by atoms with Crippen LogP contribution >= 0.6 is 0 Å². The summed E-state index contributed by atoms with van der Waals surface area (Å²) in [5, 5.41) is 12.5. The summed E-state index contributed by atoms with van der Waals surface area (Å²) in [7, 11) is 0. The summed E-state index contributed by atoms with van der Waals surface area (Å²) >= 11 is 0. The molecule has 3 nitrogen and oxygen atoms in total. The molecule has 2 aromatic carbocycles. The number of aliphatic hydroxyl groups is 1. The van der Waals surface area contributed by atoms with Crippen molar-refractivity contribution in [1.82, 2.24) is 5.32 Å². The zero-order valence-corrected chi connectivity index (χ0v) is 13.0. The van der Waals surface area contributed by atoms with Gasteiger partial charge in [0.15, 0.2) is 0 Å². The molecule has 23 heavy (non-hydrogen) atoms. The second-order valence-electron chi connectivity index (χ2n) is 5.37. The van der Waals surface area contributed by atoms with Crippen molar-refractivity contribution < 1.29 is 18.6 Å². The molecule has 2 unspecified atom stereocenters. The van der Waals surface area contributed by atoms with Crippen LogP contribution in [0.4, 0.5) is 8.78 Å². The van der Waals surface area contributed by atoms with Crippen molar-refractivity contribution in [2.75, 3.05) is 6.61 Å². The molecule has 124 valence electrons. The van der Waals surface area contributed by atoms with Crippen molar-refractivity contribution in [3.8, 4) is 5.75 Å². The van der Waals surface area contributed by atoms with E-state index in [-0.39, 0.29) is 24.4 Å². The summed E-state index contributed by atoms with van der Waals surface area (Å²) in [5.74, 6) is 0.138. The fourth-order valence-electron chi connectivity index (χ4n) is 2.43. The second kappa shape index (κ2) is 8.60. The standard InChI is InChI=1S/C18H21F2NO2/c1-13(11-12-22)21-17(14-5-3-2-4-6-14)15-7-9-16(10-8-15)23-18(19)20/h2-10,13,17-18,21-22H,11-12H2,1H3. The van der Waals surface area contributed by atoms with E-state index in [4.69, 9.17) is 5.11 Å². The Kier molecular flexibility index (Phi) is 6.50. The van der Waals surface area contributed by atoms with Crippen LogP contribution in [0.3, 0.4) is 0 Å². The van der Waals surface area contributed by atoms with Gasteiger partial charge in [0.25, 0.3) is 0 Å². The summed E-state index contributed by atoms with van der Waals surface area (Å²) in [6.07, 6.45) is 0.635.